The van der Waals surface area contributed by atoms with Crippen molar-refractivity contribution in [1.82, 2.24) is 4.90 Å². The molecule has 0 aromatic heterocycles. The number of ether oxygens (including phenoxy) is 1. The van der Waals surface area contributed by atoms with Crippen LogP contribution in [0.25, 0.3) is 0 Å². The number of hydrogen-bond acceptors (Lipinski definition) is 3. The zero-order valence-corrected chi connectivity index (χ0v) is 14.7. The van der Waals surface area contributed by atoms with E-state index in [0.717, 1.165) is 36.4 Å². The van der Waals surface area contributed by atoms with E-state index in [1.165, 1.54) is 12.0 Å². The summed E-state index contributed by atoms with van der Waals surface area (Å²) in [5.41, 5.74) is 7.39. The first-order valence-corrected chi connectivity index (χ1v) is 8.92. The van der Waals surface area contributed by atoms with E-state index in [-0.39, 0.29) is 0 Å². The number of hydrogen-bond donors (Lipinski definition) is 1. The van der Waals surface area contributed by atoms with Crippen LogP contribution in [0.4, 0.5) is 0 Å². The minimum atomic E-state index is 0.293. The van der Waals surface area contributed by atoms with Crippen LogP contribution in [0.3, 0.4) is 0 Å². The van der Waals surface area contributed by atoms with Crippen LogP contribution in [-0.4, -0.2) is 24.5 Å². The first-order chi connectivity index (χ1) is 11.7. The van der Waals surface area contributed by atoms with Crippen LogP contribution >= 0.6 is 0 Å². The monoisotopic (exact) mass is 324 g/mol. The van der Waals surface area contributed by atoms with Gasteiger partial charge in [-0.1, -0.05) is 44.2 Å². The van der Waals surface area contributed by atoms with E-state index in [1.807, 2.05) is 42.5 Å². The number of para-hydroxylation sites is 1. The third kappa shape index (κ3) is 4.16. The van der Waals surface area contributed by atoms with E-state index in [0.29, 0.717) is 12.6 Å². The summed E-state index contributed by atoms with van der Waals surface area (Å²) in [5.74, 6) is 3.20. The fourth-order valence-corrected chi connectivity index (χ4v) is 3.84. The normalized spacial score (nSPS) is 23.0. The number of nitrogens with zero attached hydrogens (tertiary/aromatic N) is 1. The van der Waals surface area contributed by atoms with Gasteiger partial charge >= 0.3 is 0 Å². The highest BCUT2D eigenvalue weighted by Gasteiger charge is 2.27. The van der Waals surface area contributed by atoms with Crippen molar-refractivity contribution in [2.75, 3.05) is 19.6 Å². The molecule has 0 amide bonds. The minimum absolute atomic E-state index is 0.293. The molecule has 0 saturated carbocycles. The molecule has 2 N–H and O–H groups in total. The molecule has 1 saturated heterocycles. The Bertz CT molecular complexity index is 616. The molecule has 0 radical (unpaired) electrons. The van der Waals surface area contributed by atoms with E-state index in [2.05, 4.69) is 30.9 Å². The molecule has 1 fully saturated rings. The molecule has 0 bridgehead atoms. The molecule has 128 valence electrons. The molecule has 1 aliphatic rings. The summed E-state index contributed by atoms with van der Waals surface area (Å²) in [6.45, 7) is 7.60. The Hall–Kier alpha value is -1.84. The molecule has 2 aromatic carbocycles. The van der Waals surface area contributed by atoms with Gasteiger partial charge in [-0.3, -0.25) is 4.90 Å². The second-order valence-electron chi connectivity index (χ2n) is 7.14. The number of likely N-dealkylation sites (tertiary alicyclic amines) is 1. The Kier molecular flexibility index (Phi) is 5.54. The smallest absolute Gasteiger partial charge is 0.127 e. The van der Waals surface area contributed by atoms with Crippen molar-refractivity contribution in [3.8, 4) is 11.5 Å². The van der Waals surface area contributed by atoms with Crippen molar-refractivity contribution < 1.29 is 4.74 Å². The molecule has 0 aliphatic carbocycles. The van der Waals surface area contributed by atoms with Gasteiger partial charge in [0.2, 0.25) is 0 Å². The van der Waals surface area contributed by atoms with Crippen LogP contribution in [-0.2, 0) is 0 Å². The first kappa shape index (κ1) is 17.0. The maximum Gasteiger partial charge on any atom is 0.127 e. The predicted molar refractivity (Wildman–Crippen MR) is 99.3 cm³/mol. The van der Waals surface area contributed by atoms with Gasteiger partial charge in [-0.2, -0.15) is 0 Å². The van der Waals surface area contributed by atoms with Crippen molar-refractivity contribution in [3.63, 3.8) is 0 Å². The first-order valence-electron chi connectivity index (χ1n) is 8.92. The minimum Gasteiger partial charge on any atom is -0.457 e. The molecule has 0 spiro atoms. The lowest BCUT2D eigenvalue weighted by molar-refractivity contribution is 0.0984. The average Bonchev–Trinajstić information content (AvgIpc) is 2.57. The number of piperidine rings is 1. The summed E-state index contributed by atoms with van der Waals surface area (Å²) in [6, 6.07) is 18.6. The zero-order chi connectivity index (χ0) is 16.9. The lowest BCUT2D eigenvalue weighted by Gasteiger charge is -2.40. The molecule has 3 heteroatoms. The van der Waals surface area contributed by atoms with Crippen LogP contribution in [0, 0.1) is 11.8 Å². The van der Waals surface area contributed by atoms with Gasteiger partial charge in [-0.05, 0) is 48.1 Å². The van der Waals surface area contributed by atoms with Gasteiger partial charge in [0, 0.05) is 25.7 Å². The Labute approximate surface area is 145 Å². The van der Waals surface area contributed by atoms with Crippen molar-refractivity contribution in [2.45, 2.75) is 26.3 Å². The average molecular weight is 324 g/mol. The van der Waals surface area contributed by atoms with Gasteiger partial charge in [-0.15, -0.1) is 0 Å². The molecule has 3 atom stereocenters. The van der Waals surface area contributed by atoms with E-state index < -0.39 is 0 Å². The summed E-state index contributed by atoms with van der Waals surface area (Å²) >= 11 is 0. The summed E-state index contributed by atoms with van der Waals surface area (Å²) < 4.78 is 5.88. The summed E-state index contributed by atoms with van der Waals surface area (Å²) in [6.07, 6.45) is 1.32. The van der Waals surface area contributed by atoms with Gasteiger partial charge in [0.05, 0.1) is 0 Å². The number of rotatable bonds is 5. The Balaban J connectivity index is 1.71. The molecule has 3 rings (SSSR count). The topological polar surface area (TPSA) is 38.5 Å². The molecular weight excluding hydrogens is 296 g/mol. The van der Waals surface area contributed by atoms with Crippen LogP contribution in [0.2, 0.25) is 0 Å². The summed E-state index contributed by atoms with van der Waals surface area (Å²) in [5, 5.41) is 0. The Morgan fingerprint density at radius 3 is 2.12 bits per heavy atom. The van der Waals surface area contributed by atoms with E-state index in [9.17, 15) is 0 Å². The van der Waals surface area contributed by atoms with Crippen molar-refractivity contribution >= 4 is 0 Å². The second kappa shape index (κ2) is 7.82. The molecule has 3 unspecified atom stereocenters. The van der Waals surface area contributed by atoms with Crippen molar-refractivity contribution in [1.29, 1.82) is 0 Å². The van der Waals surface area contributed by atoms with E-state index in [4.69, 9.17) is 10.5 Å². The molecular formula is C21H28N2O. The highest BCUT2D eigenvalue weighted by Crippen LogP contribution is 2.30. The van der Waals surface area contributed by atoms with Crippen LogP contribution < -0.4 is 10.5 Å². The maximum absolute atomic E-state index is 6.12. The lowest BCUT2D eigenvalue weighted by atomic mass is 9.89. The van der Waals surface area contributed by atoms with Gasteiger partial charge in [0.15, 0.2) is 0 Å². The number of nitrogens with two attached hydrogens (primary N) is 1. The quantitative estimate of drug-likeness (QED) is 0.882. The highest BCUT2D eigenvalue weighted by molar-refractivity contribution is 5.34. The molecule has 3 nitrogen and oxygen atoms in total. The largest absolute Gasteiger partial charge is 0.457 e. The van der Waals surface area contributed by atoms with E-state index in [1.54, 1.807) is 0 Å². The summed E-state index contributed by atoms with van der Waals surface area (Å²) in [7, 11) is 0. The number of benzene rings is 2. The standard InChI is InChI=1S/C21H28N2O/c1-16-12-17(2)15-23(14-16)21(13-22)18-8-10-20(11-9-18)24-19-6-4-3-5-7-19/h3-11,16-17,21H,12-15,22H2,1-2H3. The van der Waals surface area contributed by atoms with Crippen LogP contribution in [0.5, 0.6) is 11.5 Å². The van der Waals surface area contributed by atoms with E-state index >= 15 is 0 Å². The molecule has 2 aromatic rings. The summed E-state index contributed by atoms with van der Waals surface area (Å²) in [4.78, 5) is 2.55. The zero-order valence-electron chi connectivity index (χ0n) is 14.7. The van der Waals surface area contributed by atoms with Gasteiger partial charge in [0.1, 0.15) is 11.5 Å². The molecule has 24 heavy (non-hydrogen) atoms. The fraction of sp³-hybridized carbons (Fsp3) is 0.429. The SMILES string of the molecule is CC1CC(C)CN(C(CN)c2ccc(Oc3ccccc3)cc2)C1. The molecule has 1 aliphatic heterocycles. The van der Waals surface area contributed by atoms with Crippen molar-refractivity contribution in [2.24, 2.45) is 17.6 Å². The third-order valence-corrected chi connectivity index (χ3v) is 4.80. The van der Waals surface area contributed by atoms with Gasteiger partial charge in [-0.25, -0.2) is 0 Å². The lowest BCUT2D eigenvalue weighted by Crippen LogP contribution is -2.43. The Morgan fingerprint density at radius 1 is 0.958 bits per heavy atom. The van der Waals surface area contributed by atoms with Gasteiger partial charge < -0.3 is 10.5 Å². The fourth-order valence-electron chi connectivity index (χ4n) is 3.84. The third-order valence-electron chi connectivity index (χ3n) is 4.80. The second-order valence-corrected chi connectivity index (χ2v) is 7.14. The van der Waals surface area contributed by atoms with Crippen LogP contribution in [0.1, 0.15) is 31.9 Å². The maximum atomic E-state index is 6.12. The van der Waals surface area contributed by atoms with Gasteiger partial charge in [0.25, 0.3) is 0 Å². The Morgan fingerprint density at radius 2 is 1.54 bits per heavy atom. The van der Waals surface area contributed by atoms with Crippen molar-refractivity contribution in [3.05, 3.63) is 60.2 Å². The highest BCUT2D eigenvalue weighted by atomic mass is 16.5. The molecule has 1 heterocycles. The van der Waals surface area contributed by atoms with Crippen LogP contribution in [0.15, 0.2) is 54.6 Å². The predicted octanol–water partition coefficient (Wildman–Crippen LogP) is 4.46.